The molecule has 1 N–H and O–H groups in total. The van der Waals surface area contributed by atoms with Crippen LogP contribution in [-0.2, 0) is 27.2 Å². The van der Waals surface area contributed by atoms with Crippen LogP contribution in [0.4, 0.5) is 5.95 Å². The molecule has 0 fully saturated rings. The number of methoxy groups -OCH3 is 1. The summed E-state index contributed by atoms with van der Waals surface area (Å²) in [6, 6.07) is 15.8. The van der Waals surface area contributed by atoms with Gasteiger partial charge in [-0.2, -0.15) is 4.98 Å². The Balaban J connectivity index is 1.80. The third kappa shape index (κ3) is 3.84. The van der Waals surface area contributed by atoms with E-state index in [1.165, 1.54) is 17.2 Å². The highest BCUT2D eigenvalue weighted by molar-refractivity contribution is 5.74. The topological polar surface area (TPSA) is 83.1 Å². The van der Waals surface area contributed by atoms with Crippen LogP contribution in [0.3, 0.4) is 0 Å². The molecule has 0 spiro atoms. The van der Waals surface area contributed by atoms with Gasteiger partial charge in [0.25, 0.3) is 5.56 Å². The molecule has 0 aliphatic carbocycles. The number of hydrogen-bond donors (Lipinski definition) is 1. The third-order valence-corrected chi connectivity index (χ3v) is 5.42. The standard InChI is InChI=1S/C23H25N5O3/c1-15-5-7-16(8-6-15)13-24-22-25-20-19(21(29)27(3)23(30)26(20)2)28(22)14-17-9-11-18(31-4)12-10-17/h5-12H,13-14H2,1-4H3,(H,24,25). The van der Waals surface area contributed by atoms with E-state index in [4.69, 9.17) is 4.74 Å². The lowest BCUT2D eigenvalue weighted by molar-refractivity contribution is 0.414. The van der Waals surface area contributed by atoms with Gasteiger partial charge in [0.15, 0.2) is 11.2 Å². The van der Waals surface area contributed by atoms with Crippen LogP contribution >= 0.6 is 0 Å². The van der Waals surface area contributed by atoms with E-state index in [0.29, 0.717) is 30.2 Å². The Morgan fingerprint density at radius 1 is 0.935 bits per heavy atom. The van der Waals surface area contributed by atoms with Gasteiger partial charge in [-0.05, 0) is 30.2 Å². The molecular weight excluding hydrogens is 394 g/mol. The summed E-state index contributed by atoms with van der Waals surface area (Å²) in [6.07, 6.45) is 0. The Kier molecular flexibility index (Phi) is 5.37. The highest BCUT2D eigenvalue weighted by atomic mass is 16.5. The van der Waals surface area contributed by atoms with Crippen molar-refractivity contribution >= 4 is 17.1 Å². The molecule has 2 aromatic heterocycles. The Bertz CT molecular complexity index is 1350. The van der Waals surface area contributed by atoms with Crippen LogP contribution < -0.4 is 21.3 Å². The second-order valence-electron chi connectivity index (χ2n) is 7.59. The number of imidazole rings is 1. The van der Waals surface area contributed by atoms with Gasteiger partial charge >= 0.3 is 5.69 Å². The number of nitrogens with one attached hydrogen (secondary N) is 1. The van der Waals surface area contributed by atoms with Crippen molar-refractivity contribution in [2.24, 2.45) is 14.1 Å². The molecule has 0 radical (unpaired) electrons. The van der Waals surface area contributed by atoms with E-state index in [-0.39, 0.29) is 5.56 Å². The lowest BCUT2D eigenvalue weighted by Crippen LogP contribution is -2.37. The molecule has 0 saturated carbocycles. The summed E-state index contributed by atoms with van der Waals surface area (Å²) >= 11 is 0. The van der Waals surface area contributed by atoms with Gasteiger partial charge in [-0.1, -0.05) is 42.0 Å². The third-order valence-electron chi connectivity index (χ3n) is 5.42. The zero-order valence-corrected chi connectivity index (χ0v) is 18.0. The summed E-state index contributed by atoms with van der Waals surface area (Å²) in [6.45, 7) is 3.01. The first-order chi connectivity index (χ1) is 14.9. The number of rotatable bonds is 6. The van der Waals surface area contributed by atoms with Gasteiger partial charge in [0.2, 0.25) is 5.95 Å². The van der Waals surface area contributed by atoms with Crippen molar-refractivity contribution in [2.75, 3.05) is 12.4 Å². The predicted octanol–water partition coefficient (Wildman–Crippen LogP) is 2.41. The zero-order valence-electron chi connectivity index (χ0n) is 18.0. The molecule has 160 valence electrons. The maximum atomic E-state index is 13.0. The summed E-state index contributed by atoms with van der Waals surface area (Å²) in [5, 5.41) is 3.34. The van der Waals surface area contributed by atoms with E-state index in [9.17, 15) is 9.59 Å². The first-order valence-corrected chi connectivity index (χ1v) is 9.97. The quantitative estimate of drug-likeness (QED) is 0.519. The predicted molar refractivity (Wildman–Crippen MR) is 121 cm³/mol. The van der Waals surface area contributed by atoms with Crippen LogP contribution in [0.15, 0.2) is 58.1 Å². The minimum Gasteiger partial charge on any atom is -0.497 e. The first kappa shape index (κ1) is 20.5. The van der Waals surface area contributed by atoms with Gasteiger partial charge < -0.3 is 10.1 Å². The Morgan fingerprint density at radius 3 is 2.23 bits per heavy atom. The van der Waals surface area contributed by atoms with E-state index in [0.717, 1.165) is 21.4 Å². The molecule has 0 amide bonds. The van der Waals surface area contributed by atoms with Crippen LogP contribution in [0.2, 0.25) is 0 Å². The molecule has 8 heteroatoms. The molecule has 4 rings (SSSR count). The number of hydrogen-bond acceptors (Lipinski definition) is 5. The second-order valence-corrected chi connectivity index (χ2v) is 7.59. The fraction of sp³-hybridized carbons (Fsp3) is 0.261. The molecule has 0 bridgehead atoms. The van der Waals surface area contributed by atoms with Crippen molar-refractivity contribution in [1.82, 2.24) is 18.7 Å². The van der Waals surface area contributed by atoms with Crippen LogP contribution in [0.25, 0.3) is 11.2 Å². The maximum absolute atomic E-state index is 13.0. The number of fused-ring (bicyclic) bond motifs is 1. The van der Waals surface area contributed by atoms with Gasteiger partial charge in [0.1, 0.15) is 5.75 Å². The van der Waals surface area contributed by atoms with Crippen molar-refractivity contribution in [1.29, 1.82) is 0 Å². The van der Waals surface area contributed by atoms with Gasteiger partial charge in [-0.15, -0.1) is 0 Å². The molecule has 4 aromatic rings. The van der Waals surface area contributed by atoms with Crippen molar-refractivity contribution < 1.29 is 4.74 Å². The van der Waals surface area contributed by atoms with E-state index in [1.54, 1.807) is 14.2 Å². The summed E-state index contributed by atoms with van der Waals surface area (Å²) in [5.41, 5.74) is 3.22. The number of anilines is 1. The largest absolute Gasteiger partial charge is 0.497 e. The van der Waals surface area contributed by atoms with Crippen LogP contribution in [0, 0.1) is 6.92 Å². The maximum Gasteiger partial charge on any atom is 0.332 e. The first-order valence-electron chi connectivity index (χ1n) is 9.97. The lowest BCUT2D eigenvalue weighted by Gasteiger charge is -2.12. The average Bonchev–Trinajstić information content (AvgIpc) is 3.14. The molecule has 0 atom stereocenters. The number of aryl methyl sites for hydroxylation is 2. The SMILES string of the molecule is COc1ccc(Cn2c(NCc3ccc(C)cc3)nc3c2c(=O)n(C)c(=O)n3C)cc1. The minimum absolute atomic E-state index is 0.355. The molecule has 0 unspecified atom stereocenters. The second kappa shape index (κ2) is 8.14. The van der Waals surface area contributed by atoms with Crippen molar-refractivity contribution in [2.45, 2.75) is 20.0 Å². The summed E-state index contributed by atoms with van der Waals surface area (Å²) in [7, 11) is 4.72. The summed E-state index contributed by atoms with van der Waals surface area (Å²) in [5.74, 6) is 1.29. The van der Waals surface area contributed by atoms with Gasteiger partial charge in [0, 0.05) is 20.6 Å². The molecular formula is C23H25N5O3. The van der Waals surface area contributed by atoms with Crippen LogP contribution in [-0.4, -0.2) is 25.8 Å². The smallest absolute Gasteiger partial charge is 0.332 e. The average molecular weight is 419 g/mol. The zero-order chi connectivity index (χ0) is 22.1. The van der Waals surface area contributed by atoms with Gasteiger partial charge in [-0.3, -0.25) is 18.5 Å². The number of aromatic nitrogens is 4. The fourth-order valence-electron chi connectivity index (χ4n) is 3.54. The molecule has 0 saturated heterocycles. The fourth-order valence-corrected chi connectivity index (χ4v) is 3.54. The highest BCUT2D eigenvalue weighted by Crippen LogP contribution is 2.20. The normalized spacial score (nSPS) is 11.1. The summed E-state index contributed by atoms with van der Waals surface area (Å²) in [4.78, 5) is 30.0. The van der Waals surface area contributed by atoms with Crippen molar-refractivity contribution in [3.63, 3.8) is 0 Å². The minimum atomic E-state index is -0.406. The molecule has 8 nitrogen and oxygen atoms in total. The molecule has 0 aliphatic rings. The van der Waals surface area contributed by atoms with Crippen LogP contribution in [0.1, 0.15) is 16.7 Å². The van der Waals surface area contributed by atoms with E-state index >= 15 is 0 Å². The molecule has 2 aromatic carbocycles. The van der Waals surface area contributed by atoms with Crippen LogP contribution in [0.5, 0.6) is 5.75 Å². The Hall–Kier alpha value is -3.81. The Labute approximate surface area is 179 Å². The van der Waals surface area contributed by atoms with Gasteiger partial charge in [-0.25, -0.2) is 4.79 Å². The molecule has 31 heavy (non-hydrogen) atoms. The lowest BCUT2D eigenvalue weighted by atomic mass is 10.1. The number of nitrogens with zero attached hydrogens (tertiary/aromatic N) is 4. The monoisotopic (exact) mass is 419 g/mol. The van der Waals surface area contributed by atoms with Crippen molar-refractivity contribution in [3.05, 3.63) is 86.1 Å². The van der Waals surface area contributed by atoms with E-state index in [2.05, 4.69) is 22.4 Å². The van der Waals surface area contributed by atoms with Crippen molar-refractivity contribution in [3.8, 4) is 5.75 Å². The molecule has 0 aliphatic heterocycles. The number of benzene rings is 2. The number of ether oxygens (including phenoxy) is 1. The summed E-state index contributed by atoms with van der Waals surface area (Å²) < 4.78 is 9.57. The molecule has 2 heterocycles. The van der Waals surface area contributed by atoms with Gasteiger partial charge in [0.05, 0.1) is 13.7 Å². The Morgan fingerprint density at radius 2 is 1.58 bits per heavy atom. The van der Waals surface area contributed by atoms with E-state index in [1.807, 2.05) is 47.9 Å². The van der Waals surface area contributed by atoms with E-state index < -0.39 is 5.69 Å². The highest BCUT2D eigenvalue weighted by Gasteiger charge is 2.19.